The maximum atomic E-state index is 11.8. The molecule has 0 atom stereocenters. The van der Waals surface area contributed by atoms with Crippen LogP contribution in [0.5, 0.6) is 0 Å². The van der Waals surface area contributed by atoms with E-state index in [0.29, 0.717) is 0 Å². The number of aryl methyl sites for hydroxylation is 2. The Bertz CT molecular complexity index is 708. The van der Waals surface area contributed by atoms with Crippen molar-refractivity contribution in [3.05, 3.63) is 21.7 Å². The molecular weight excluding hydrogens is 294 g/mol. The number of aromatic amines is 1. The van der Waals surface area contributed by atoms with E-state index >= 15 is 0 Å². The van der Waals surface area contributed by atoms with Gasteiger partial charge in [-0.1, -0.05) is 0 Å². The highest BCUT2D eigenvalue weighted by Gasteiger charge is 2.22. The van der Waals surface area contributed by atoms with E-state index in [2.05, 4.69) is 16.8 Å². The standard InChI is InChI=1S/C17H23N3OS/c1-10-14(12(3)21)11(2)18-15(10)16-13(4)22-17(19-16)20-8-6-5-7-9-20/h18H,5-9H2,1-4H3. The number of anilines is 1. The highest BCUT2D eigenvalue weighted by molar-refractivity contribution is 7.16. The molecule has 1 N–H and O–H groups in total. The fraction of sp³-hybridized carbons (Fsp3) is 0.529. The minimum atomic E-state index is 0.113. The van der Waals surface area contributed by atoms with Gasteiger partial charge in [-0.3, -0.25) is 4.79 Å². The monoisotopic (exact) mass is 317 g/mol. The van der Waals surface area contributed by atoms with Crippen LogP contribution in [-0.2, 0) is 0 Å². The molecule has 0 saturated carbocycles. The quantitative estimate of drug-likeness (QED) is 0.861. The summed E-state index contributed by atoms with van der Waals surface area (Å²) in [5.74, 6) is 0.113. The van der Waals surface area contributed by atoms with Gasteiger partial charge in [0.15, 0.2) is 10.9 Å². The molecule has 0 aromatic carbocycles. The average Bonchev–Trinajstić information content (AvgIpc) is 3.00. The number of nitrogens with zero attached hydrogens (tertiary/aromatic N) is 2. The van der Waals surface area contributed by atoms with Crippen molar-refractivity contribution in [2.75, 3.05) is 18.0 Å². The molecule has 1 fully saturated rings. The van der Waals surface area contributed by atoms with Gasteiger partial charge in [0.1, 0.15) is 5.69 Å². The zero-order chi connectivity index (χ0) is 15.9. The van der Waals surface area contributed by atoms with Crippen molar-refractivity contribution < 1.29 is 4.79 Å². The second-order valence-corrected chi connectivity index (χ2v) is 7.31. The lowest BCUT2D eigenvalue weighted by atomic mass is 10.1. The van der Waals surface area contributed by atoms with Gasteiger partial charge in [-0.05, 0) is 52.5 Å². The van der Waals surface area contributed by atoms with Crippen LogP contribution in [0, 0.1) is 20.8 Å². The van der Waals surface area contributed by atoms with E-state index in [9.17, 15) is 4.79 Å². The smallest absolute Gasteiger partial charge is 0.186 e. The molecule has 0 spiro atoms. The molecule has 0 bridgehead atoms. The van der Waals surface area contributed by atoms with E-state index in [1.807, 2.05) is 13.8 Å². The number of Topliss-reactive ketones (excluding diaryl/α,β-unsaturated/α-hetero) is 1. The summed E-state index contributed by atoms with van der Waals surface area (Å²) in [5.41, 5.74) is 4.76. The Hall–Kier alpha value is -1.62. The maximum Gasteiger partial charge on any atom is 0.186 e. The van der Waals surface area contributed by atoms with Crippen molar-refractivity contribution in [1.82, 2.24) is 9.97 Å². The predicted molar refractivity (Wildman–Crippen MR) is 92.2 cm³/mol. The zero-order valence-electron chi connectivity index (χ0n) is 13.7. The lowest BCUT2D eigenvalue weighted by Crippen LogP contribution is -2.29. The largest absolute Gasteiger partial charge is 0.356 e. The van der Waals surface area contributed by atoms with Gasteiger partial charge in [-0.25, -0.2) is 4.98 Å². The van der Waals surface area contributed by atoms with Crippen LogP contribution in [0.2, 0.25) is 0 Å². The van der Waals surface area contributed by atoms with E-state index < -0.39 is 0 Å². The van der Waals surface area contributed by atoms with Gasteiger partial charge in [0, 0.05) is 29.2 Å². The van der Waals surface area contributed by atoms with Crippen LogP contribution in [0.15, 0.2) is 0 Å². The molecule has 1 saturated heterocycles. The van der Waals surface area contributed by atoms with Crippen molar-refractivity contribution in [1.29, 1.82) is 0 Å². The summed E-state index contributed by atoms with van der Waals surface area (Å²) in [4.78, 5) is 23.7. The van der Waals surface area contributed by atoms with Gasteiger partial charge < -0.3 is 9.88 Å². The second kappa shape index (κ2) is 5.88. The summed E-state index contributed by atoms with van der Waals surface area (Å²) >= 11 is 1.76. The minimum Gasteiger partial charge on any atom is -0.356 e. The average molecular weight is 317 g/mol. The van der Waals surface area contributed by atoms with Crippen LogP contribution in [0.25, 0.3) is 11.4 Å². The first kappa shape index (κ1) is 15.3. The molecule has 2 aromatic heterocycles. The number of thiazole rings is 1. The molecule has 5 heteroatoms. The Kier molecular flexibility index (Phi) is 4.08. The number of H-pyrrole nitrogens is 1. The Morgan fingerprint density at radius 3 is 2.45 bits per heavy atom. The first-order chi connectivity index (χ1) is 10.5. The maximum absolute atomic E-state index is 11.8. The summed E-state index contributed by atoms with van der Waals surface area (Å²) < 4.78 is 0. The summed E-state index contributed by atoms with van der Waals surface area (Å²) in [7, 11) is 0. The number of aromatic nitrogens is 2. The number of rotatable bonds is 3. The molecule has 0 amide bonds. The molecule has 1 aliphatic heterocycles. The number of ketones is 1. The molecule has 22 heavy (non-hydrogen) atoms. The molecule has 0 unspecified atom stereocenters. The van der Waals surface area contributed by atoms with E-state index in [1.54, 1.807) is 18.3 Å². The second-order valence-electron chi connectivity index (χ2n) is 6.13. The van der Waals surface area contributed by atoms with E-state index in [4.69, 9.17) is 4.98 Å². The highest BCUT2D eigenvalue weighted by Crippen LogP contribution is 2.36. The van der Waals surface area contributed by atoms with Crippen molar-refractivity contribution in [3.8, 4) is 11.4 Å². The Labute approximate surface area is 135 Å². The first-order valence-electron chi connectivity index (χ1n) is 7.92. The van der Waals surface area contributed by atoms with Crippen LogP contribution in [-0.4, -0.2) is 28.8 Å². The van der Waals surface area contributed by atoms with Gasteiger partial charge in [-0.15, -0.1) is 11.3 Å². The number of carbonyl (C=O) groups excluding carboxylic acids is 1. The fourth-order valence-electron chi connectivity index (χ4n) is 3.35. The molecule has 118 valence electrons. The zero-order valence-corrected chi connectivity index (χ0v) is 14.6. The van der Waals surface area contributed by atoms with Crippen LogP contribution in [0.4, 0.5) is 5.13 Å². The van der Waals surface area contributed by atoms with Gasteiger partial charge in [-0.2, -0.15) is 0 Å². The molecule has 0 aliphatic carbocycles. The Balaban J connectivity index is 2.00. The normalized spacial score (nSPS) is 15.4. The molecule has 0 radical (unpaired) electrons. The van der Waals surface area contributed by atoms with Crippen molar-refractivity contribution >= 4 is 22.3 Å². The molecular formula is C17H23N3OS. The number of hydrogen-bond acceptors (Lipinski definition) is 4. The van der Waals surface area contributed by atoms with Gasteiger partial charge in [0.2, 0.25) is 0 Å². The third kappa shape index (κ3) is 2.58. The third-order valence-electron chi connectivity index (χ3n) is 4.44. The summed E-state index contributed by atoms with van der Waals surface area (Å²) in [6.45, 7) is 9.92. The van der Waals surface area contributed by atoms with Gasteiger partial charge in [0.25, 0.3) is 0 Å². The van der Waals surface area contributed by atoms with Crippen LogP contribution >= 0.6 is 11.3 Å². The summed E-state index contributed by atoms with van der Waals surface area (Å²) in [5, 5.41) is 1.11. The van der Waals surface area contributed by atoms with Crippen LogP contribution < -0.4 is 4.90 Å². The van der Waals surface area contributed by atoms with Gasteiger partial charge in [0.05, 0.1) is 5.69 Å². The Morgan fingerprint density at radius 1 is 1.18 bits per heavy atom. The highest BCUT2D eigenvalue weighted by atomic mass is 32.1. The lowest BCUT2D eigenvalue weighted by molar-refractivity contribution is 0.101. The third-order valence-corrected chi connectivity index (χ3v) is 5.47. The van der Waals surface area contributed by atoms with Crippen LogP contribution in [0.3, 0.4) is 0 Å². The number of piperidine rings is 1. The number of hydrogen-bond donors (Lipinski definition) is 1. The molecule has 3 heterocycles. The molecule has 2 aromatic rings. The molecule has 3 rings (SSSR count). The molecule has 1 aliphatic rings. The topological polar surface area (TPSA) is 49.0 Å². The van der Waals surface area contributed by atoms with Crippen molar-refractivity contribution in [2.45, 2.75) is 47.0 Å². The van der Waals surface area contributed by atoms with E-state index in [-0.39, 0.29) is 5.78 Å². The first-order valence-corrected chi connectivity index (χ1v) is 8.73. The SMILES string of the molecule is CC(=O)c1c(C)[nH]c(-c2nc(N3CCCCC3)sc2C)c1C. The minimum absolute atomic E-state index is 0.113. The fourth-order valence-corrected chi connectivity index (χ4v) is 4.32. The van der Waals surface area contributed by atoms with E-state index in [0.717, 1.165) is 46.4 Å². The predicted octanol–water partition coefficient (Wildman–Crippen LogP) is 4.26. The van der Waals surface area contributed by atoms with E-state index in [1.165, 1.54) is 24.1 Å². The van der Waals surface area contributed by atoms with Crippen molar-refractivity contribution in [3.63, 3.8) is 0 Å². The number of carbonyl (C=O) groups is 1. The number of nitrogens with one attached hydrogen (secondary N) is 1. The summed E-state index contributed by atoms with van der Waals surface area (Å²) in [6, 6.07) is 0. The Morgan fingerprint density at radius 2 is 1.86 bits per heavy atom. The van der Waals surface area contributed by atoms with Crippen molar-refractivity contribution in [2.24, 2.45) is 0 Å². The molecule has 4 nitrogen and oxygen atoms in total. The van der Waals surface area contributed by atoms with Gasteiger partial charge >= 0.3 is 0 Å². The van der Waals surface area contributed by atoms with Crippen LogP contribution in [0.1, 0.15) is 52.7 Å². The summed E-state index contributed by atoms with van der Waals surface area (Å²) in [6.07, 6.45) is 3.83. The lowest BCUT2D eigenvalue weighted by Gasteiger charge is -2.25.